The number of nitrogens with zero attached hydrogens (tertiary/aromatic N) is 2. The summed E-state index contributed by atoms with van der Waals surface area (Å²) in [5, 5.41) is 0. The fourth-order valence-corrected chi connectivity index (χ4v) is 1.88. The lowest BCUT2D eigenvalue weighted by atomic mass is 10.1. The van der Waals surface area contributed by atoms with Crippen LogP contribution in [0.4, 0.5) is 0 Å². The van der Waals surface area contributed by atoms with Crippen molar-refractivity contribution in [3.63, 3.8) is 0 Å². The number of rotatable bonds is 11. The van der Waals surface area contributed by atoms with E-state index in [9.17, 15) is 4.79 Å². The standard InChI is InChI=1S/C15H30N2O/c1-5-16(6-2)13-10-9-11-15(18)12-14-17(7-3)8-4/h12,14H,5-11,13H2,1-4H3/b14-12+. The molecule has 0 heterocycles. The van der Waals surface area contributed by atoms with Gasteiger partial charge in [0.1, 0.15) is 0 Å². The van der Waals surface area contributed by atoms with Crippen molar-refractivity contribution in [2.45, 2.75) is 47.0 Å². The van der Waals surface area contributed by atoms with Gasteiger partial charge in [-0.3, -0.25) is 4.79 Å². The van der Waals surface area contributed by atoms with Crippen molar-refractivity contribution >= 4 is 5.78 Å². The quantitative estimate of drug-likeness (QED) is 0.418. The van der Waals surface area contributed by atoms with Gasteiger partial charge in [-0.05, 0) is 52.4 Å². The Morgan fingerprint density at radius 1 is 0.944 bits per heavy atom. The molecule has 3 heteroatoms. The lowest BCUT2D eigenvalue weighted by Gasteiger charge is -2.17. The number of unbranched alkanes of at least 4 members (excludes halogenated alkanes) is 1. The van der Waals surface area contributed by atoms with Gasteiger partial charge < -0.3 is 9.80 Å². The average Bonchev–Trinajstić information content (AvgIpc) is 2.40. The zero-order valence-corrected chi connectivity index (χ0v) is 12.6. The molecule has 0 fully saturated rings. The minimum Gasteiger partial charge on any atom is -0.378 e. The van der Waals surface area contributed by atoms with Crippen LogP contribution in [0.25, 0.3) is 0 Å². The normalized spacial score (nSPS) is 11.4. The highest BCUT2D eigenvalue weighted by Crippen LogP contribution is 2.01. The van der Waals surface area contributed by atoms with Gasteiger partial charge in [0.05, 0.1) is 0 Å². The molecule has 0 N–H and O–H groups in total. The van der Waals surface area contributed by atoms with E-state index in [0.717, 1.165) is 45.6 Å². The molecule has 3 nitrogen and oxygen atoms in total. The van der Waals surface area contributed by atoms with Crippen LogP contribution >= 0.6 is 0 Å². The van der Waals surface area contributed by atoms with Crippen LogP contribution < -0.4 is 0 Å². The van der Waals surface area contributed by atoms with Gasteiger partial charge >= 0.3 is 0 Å². The molecule has 0 aromatic carbocycles. The van der Waals surface area contributed by atoms with E-state index < -0.39 is 0 Å². The summed E-state index contributed by atoms with van der Waals surface area (Å²) >= 11 is 0. The van der Waals surface area contributed by atoms with E-state index in [1.165, 1.54) is 0 Å². The van der Waals surface area contributed by atoms with E-state index >= 15 is 0 Å². The fraction of sp³-hybridized carbons (Fsp3) is 0.800. The van der Waals surface area contributed by atoms with Crippen molar-refractivity contribution in [1.29, 1.82) is 0 Å². The Morgan fingerprint density at radius 3 is 2.06 bits per heavy atom. The first-order valence-electron chi connectivity index (χ1n) is 7.35. The Morgan fingerprint density at radius 2 is 1.56 bits per heavy atom. The van der Waals surface area contributed by atoms with E-state index in [2.05, 4.69) is 37.5 Å². The molecule has 0 spiro atoms. The largest absolute Gasteiger partial charge is 0.378 e. The third-order valence-electron chi connectivity index (χ3n) is 3.33. The van der Waals surface area contributed by atoms with Gasteiger partial charge in [-0.2, -0.15) is 0 Å². The van der Waals surface area contributed by atoms with Crippen molar-refractivity contribution in [2.24, 2.45) is 0 Å². The molecule has 0 aliphatic heterocycles. The van der Waals surface area contributed by atoms with Crippen LogP contribution in [0.2, 0.25) is 0 Å². The van der Waals surface area contributed by atoms with Gasteiger partial charge in [0.25, 0.3) is 0 Å². The molecule has 0 unspecified atom stereocenters. The molecule has 0 aliphatic carbocycles. The molecule has 0 saturated heterocycles. The maximum atomic E-state index is 11.6. The van der Waals surface area contributed by atoms with Gasteiger partial charge in [-0.15, -0.1) is 0 Å². The number of hydrogen-bond donors (Lipinski definition) is 0. The highest BCUT2D eigenvalue weighted by atomic mass is 16.1. The highest BCUT2D eigenvalue weighted by molar-refractivity contribution is 5.89. The SMILES string of the molecule is CCN(/C=C/C(=O)CCCCN(CC)CC)CC. The number of hydrogen-bond acceptors (Lipinski definition) is 3. The molecule has 0 aliphatic rings. The second-order valence-corrected chi connectivity index (χ2v) is 4.49. The molecule has 0 amide bonds. The van der Waals surface area contributed by atoms with Crippen LogP contribution in [-0.4, -0.2) is 48.3 Å². The molecule has 0 aromatic heterocycles. The Hall–Kier alpha value is -0.830. The predicted molar refractivity (Wildman–Crippen MR) is 78.7 cm³/mol. The molecule has 18 heavy (non-hydrogen) atoms. The van der Waals surface area contributed by atoms with Crippen molar-refractivity contribution in [3.8, 4) is 0 Å². The van der Waals surface area contributed by atoms with Crippen molar-refractivity contribution in [3.05, 3.63) is 12.3 Å². The first-order valence-corrected chi connectivity index (χ1v) is 7.35. The summed E-state index contributed by atoms with van der Waals surface area (Å²) in [5.74, 6) is 0.251. The Balaban J connectivity index is 3.71. The monoisotopic (exact) mass is 254 g/mol. The highest BCUT2D eigenvalue weighted by Gasteiger charge is 2.01. The molecule has 106 valence electrons. The van der Waals surface area contributed by atoms with Gasteiger partial charge in [-0.25, -0.2) is 0 Å². The summed E-state index contributed by atoms with van der Waals surface area (Å²) in [5.41, 5.74) is 0. The smallest absolute Gasteiger partial charge is 0.157 e. The molecule has 0 atom stereocenters. The van der Waals surface area contributed by atoms with Gasteiger partial charge in [0.15, 0.2) is 5.78 Å². The third kappa shape index (κ3) is 8.29. The number of ketones is 1. The van der Waals surface area contributed by atoms with Crippen LogP contribution in [0.15, 0.2) is 12.3 Å². The maximum Gasteiger partial charge on any atom is 0.157 e. The maximum absolute atomic E-state index is 11.6. The summed E-state index contributed by atoms with van der Waals surface area (Å²) in [4.78, 5) is 16.2. The van der Waals surface area contributed by atoms with Crippen LogP contribution in [-0.2, 0) is 4.79 Å². The minimum atomic E-state index is 0.251. The van der Waals surface area contributed by atoms with E-state index in [0.29, 0.717) is 6.42 Å². The number of allylic oxidation sites excluding steroid dienone is 1. The lowest BCUT2D eigenvalue weighted by molar-refractivity contribution is -0.114. The second-order valence-electron chi connectivity index (χ2n) is 4.49. The molecule has 0 aromatic rings. The Bertz CT molecular complexity index is 231. The second kappa shape index (κ2) is 11.3. The molecule has 0 bridgehead atoms. The average molecular weight is 254 g/mol. The van der Waals surface area contributed by atoms with Gasteiger partial charge in [0.2, 0.25) is 0 Å². The molecule has 0 saturated carbocycles. The first-order chi connectivity index (χ1) is 8.67. The van der Waals surface area contributed by atoms with Crippen molar-refractivity contribution < 1.29 is 4.79 Å². The van der Waals surface area contributed by atoms with Crippen LogP contribution in [0, 0.1) is 0 Å². The van der Waals surface area contributed by atoms with Crippen LogP contribution in [0.3, 0.4) is 0 Å². The molecule has 0 rings (SSSR count). The van der Waals surface area contributed by atoms with Gasteiger partial charge in [0, 0.05) is 25.7 Å². The Labute approximate surface area is 113 Å². The van der Waals surface area contributed by atoms with Crippen LogP contribution in [0.1, 0.15) is 47.0 Å². The minimum absolute atomic E-state index is 0.251. The van der Waals surface area contributed by atoms with E-state index in [4.69, 9.17) is 0 Å². The zero-order chi connectivity index (χ0) is 13.8. The third-order valence-corrected chi connectivity index (χ3v) is 3.33. The summed E-state index contributed by atoms with van der Waals surface area (Å²) in [7, 11) is 0. The topological polar surface area (TPSA) is 23.6 Å². The van der Waals surface area contributed by atoms with E-state index in [1.807, 2.05) is 6.20 Å². The van der Waals surface area contributed by atoms with Crippen molar-refractivity contribution in [2.75, 3.05) is 32.7 Å². The lowest BCUT2D eigenvalue weighted by Crippen LogP contribution is -2.23. The first kappa shape index (κ1) is 17.2. The predicted octanol–water partition coefficient (Wildman–Crippen LogP) is 2.92. The summed E-state index contributed by atoms with van der Waals surface area (Å²) in [6, 6.07) is 0. The van der Waals surface area contributed by atoms with Gasteiger partial charge in [-0.1, -0.05) is 13.8 Å². The number of carbonyl (C=O) groups excluding carboxylic acids is 1. The fourth-order valence-electron chi connectivity index (χ4n) is 1.88. The molecular formula is C15H30N2O. The summed E-state index contributed by atoms with van der Waals surface area (Å²) < 4.78 is 0. The molecule has 0 radical (unpaired) electrons. The van der Waals surface area contributed by atoms with Crippen molar-refractivity contribution in [1.82, 2.24) is 9.80 Å². The molecular weight excluding hydrogens is 224 g/mol. The van der Waals surface area contributed by atoms with E-state index in [-0.39, 0.29) is 5.78 Å². The van der Waals surface area contributed by atoms with E-state index in [1.54, 1.807) is 6.08 Å². The number of carbonyl (C=O) groups is 1. The Kier molecular flexibility index (Phi) is 10.8. The summed E-state index contributed by atoms with van der Waals surface area (Å²) in [6.45, 7) is 13.8. The summed E-state index contributed by atoms with van der Waals surface area (Å²) in [6.07, 6.45) is 6.45. The zero-order valence-electron chi connectivity index (χ0n) is 12.6. The van der Waals surface area contributed by atoms with Crippen LogP contribution in [0.5, 0.6) is 0 Å².